The van der Waals surface area contributed by atoms with Crippen LogP contribution in [0, 0.1) is 0 Å². The first-order valence-electron chi connectivity index (χ1n) is 6.14. The fraction of sp³-hybridized carbons (Fsp3) is 0.133. The molecule has 0 heterocycles. The third-order valence-electron chi connectivity index (χ3n) is 2.83. The number of hydrogen-bond donors (Lipinski definition) is 2. The molecule has 5 heteroatoms. The molecule has 20 heavy (non-hydrogen) atoms. The lowest BCUT2D eigenvalue weighted by atomic mass is 10.1. The lowest BCUT2D eigenvalue weighted by molar-refractivity contribution is 0.722. The zero-order chi connectivity index (χ0) is 14.5. The van der Waals surface area contributed by atoms with Gasteiger partial charge in [0.15, 0.2) is 5.11 Å². The van der Waals surface area contributed by atoms with Crippen molar-refractivity contribution in [3.63, 3.8) is 0 Å². The van der Waals surface area contributed by atoms with Crippen LogP contribution < -0.4 is 10.6 Å². The number of anilines is 1. The van der Waals surface area contributed by atoms with E-state index >= 15 is 0 Å². The average molecular weight is 370 g/mol. The molecule has 0 bridgehead atoms. The molecule has 0 saturated carbocycles. The molecule has 0 saturated heterocycles. The fourth-order valence-corrected chi connectivity index (χ4v) is 2.78. The van der Waals surface area contributed by atoms with E-state index in [0.29, 0.717) is 10.1 Å². The lowest BCUT2D eigenvalue weighted by Crippen LogP contribution is -2.30. The molecule has 2 aromatic rings. The molecule has 2 rings (SSSR count). The zero-order valence-corrected chi connectivity index (χ0v) is 14.0. The lowest BCUT2D eigenvalue weighted by Gasteiger charge is -2.18. The van der Waals surface area contributed by atoms with Gasteiger partial charge in [0, 0.05) is 4.47 Å². The van der Waals surface area contributed by atoms with Crippen LogP contribution in [0.25, 0.3) is 0 Å². The van der Waals surface area contributed by atoms with Crippen molar-refractivity contribution in [2.24, 2.45) is 0 Å². The number of hydrogen-bond acceptors (Lipinski definition) is 1. The van der Waals surface area contributed by atoms with Gasteiger partial charge in [-0.15, -0.1) is 0 Å². The molecule has 2 nitrogen and oxygen atoms in total. The zero-order valence-electron chi connectivity index (χ0n) is 10.9. The van der Waals surface area contributed by atoms with Crippen LogP contribution in [0.15, 0.2) is 53.0 Å². The normalized spacial score (nSPS) is 11.8. The van der Waals surface area contributed by atoms with Crippen molar-refractivity contribution < 1.29 is 0 Å². The van der Waals surface area contributed by atoms with Crippen molar-refractivity contribution in [1.29, 1.82) is 0 Å². The van der Waals surface area contributed by atoms with Gasteiger partial charge in [-0.3, -0.25) is 0 Å². The number of rotatable bonds is 3. The smallest absolute Gasteiger partial charge is 0.171 e. The van der Waals surface area contributed by atoms with Crippen LogP contribution in [0.5, 0.6) is 0 Å². The van der Waals surface area contributed by atoms with Crippen molar-refractivity contribution >= 4 is 50.5 Å². The second kappa shape index (κ2) is 7.07. The van der Waals surface area contributed by atoms with E-state index in [1.165, 1.54) is 5.56 Å². The van der Waals surface area contributed by atoms with Crippen LogP contribution in [0.3, 0.4) is 0 Å². The van der Waals surface area contributed by atoms with Crippen molar-refractivity contribution in [2.75, 3.05) is 5.32 Å². The Hall–Kier alpha value is -1.10. The Balaban J connectivity index is 1.99. The first-order chi connectivity index (χ1) is 9.56. The van der Waals surface area contributed by atoms with Crippen LogP contribution in [-0.2, 0) is 0 Å². The van der Waals surface area contributed by atoms with Crippen LogP contribution >= 0.6 is 39.7 Å². The van der Waals surface area contributed by atoms with E-state index < -0.39 is 0 Å². The molecule has 0 fully saturated rings. The fourth-order valence-electron chi connectivity index (χ4n) is 1.77. The van der Waals surface area contributed by atoms with Crippen LogP contribution in [0.2, 0.25) is 5.02 Å². The molecule has 0 amide bonds. The molecule has 104 valence electrons. The summed E-state index contributed by atoms with van der Waals surface area (Å²) in [6.07, 6.45) is 0. The summed E-state index contributed by atoms with van der Waals surface area (Å²) in [5, 5.41) is 7.51. The molecule has 0 spiro atoms. The maximum atomic E-state index is 6.15. The Morgan fingerprint density at radius 2 is 1.90 bits per heavy atom. The SMILES string of the molecule is CC(NC(=S)Nc1ccc(Br)cc1Cl)c1ccccc1. The van der Waals surface area contributed by atoms with Crippen LogP contribution in [0.1, 0.15) is 18.5 Å². The first kappa shape index (κ1) is 15.3. The predicted octanol–water partition coefficient (Wildman–Crippen LogP) is 5.15. The second-order valence-corrected chi connectivity index (χ2v) is 6.09. The van der Waals surface area contributed by atoms with E-state index in [0.717, 1.165) is 10.2 Å². The largest absolute Gasteiger partial charge is 0.356 e. The maximum absolute atomic E-state index is 6.15. The van der Waals surface area contributed by atoms with E-state index in [2.05, 4.69) is 45.6 Å². The summed E-state index contributed by atoms with van der Waals surface area (Å²) < 4.78 is 0.935. The Kier molecular flexibility index (Phi) is 5.40. The van der Waals surface area contributed by atoms with Gasteiger partial charge in [0.05, 0.1) is 16.8 Å². The first-order valence-corrected chi connectivity index (χ1v) is 7.71. The van der Waals surface area contributed by atoms with E-state index in [1.54, 1.807) is 0 Å². The standard InChI is InChI=1S/C15H14BrClN2S/c1-10(11-5-3-2-4-6-11)18-15(20)19-14-8-7-12(16)9-13(14)17/h2-10H,1H3,(H2,18,19,20). The summed E-state index contributed by atoms with van der Waals surface area (Å²) in [6, 6.07) is 15.9. The average Bonchev–Trinajstić information content (AvgIpc) is 2.43. The highest BCUT2D eigenvalue weighted by Gasteiger charge is 2.08. The van der Waals surface area contributed by atoms with E-state index in [9.17, 15) is 0 Å². The van der Waals surface area contributed by atoms with Gasteiger partial charge in [-0.1, -0.05) is 57.9 Å². The van der Waals surface area contributed by atoms with Crippen LogP contribution in [0.4, 0.5) is 5.69 Å². The van der Waals surface area contributed by atoms with Crippen molar-refractivity contribution in [3.05, 3.63) is 63.6 Å². The Morgan fingerprint density at radius 1 is 1.20 bits per heavy atom. The Labute approximate surface area is 137 Å². The quantitative estimate of drug-likeness (QED) is 0.732. The molecule has 0 aliphatic rings. The minimum absolute atomic E-state index is 0.130. The summed E-state index contributed by atoms with van der Waals surface area (Å²) in [5.74, 6) is 0. The molecule has 0 aliphatic carbocycles. The summed E-state index contributed by atoms with van der Waals surface area (Å²) in [7, 11) is 0. The predicted molar refractivity (Wildman–Crippen MR) is 93.4 cm³/mol. The second-order valence-electron chi connectivity index (χ2n) is 4.36. The molecule has 0 aromatic heterocycles. The summed E-state index contributed by atoms with van der Waals surface area (Å²) in [6.45, 7) is 2.06. The summed E-state index contributed by atoms with van der Waals surface area (Å²) >= 11 is 14.8. The van der Waals surface area contributed by atoms with Gasteiger partial charge < -0.3 is 10.6 Å². The Morgan fingerprint density at radius 3 is 2.55 bits per heavy atom. The van der Waals surface area contributed by atoms with E-state index in [-0.39, 0.29) is 6.04 Å². The van der Waals surface area contributed by atoms with Crippen LogP contribution in [-0.4, -0.2) is 5.11 Å². The summed E-state index contributed by atoms with van der Waals surface area (Å²) in [5.41, 5.74) is 1.96. The molecule has 2 aromatic carbocycles. The summed E-state index contributed by atoms with van der Waals surface area (Å²) in [4.78, 5) is 0. The number of benzene rings is 2. The van der Waals surface area contributed by atoms with Gasteiger partial charge >= 0.3 is 0 Å². The third kappa shape index (κ3) is 4.20. The highest BCUT2D eigenvalue weighted by atomic mass is 79.9. The van der Waals surface area contributed by atoms with Gasteiger partial charge in [0.25, 0.3) is 0 Å². The topological polar surface area (TPSA) is 24.1 Å². The van der Waals surface area contributed by atoms with E-state index in [1.807, 2.05) is 36.4 Å². The third-order valence-corrected chi connectivity index (χ3v) is 3.85. The number of thiocarbonyl (C=S) groups is 1. The van der Waals surface area contributed by atoms with E-state index in [4.69, 9.17) is 23.8 Å². The molecule has 1 unspecified atom stereocenters. The number of halogens is 2. The minimum Gasteiger partial charge on any atom is -0.356 e. The van der Waals surface area contributed by atoms with Gasteiger partial charge in [-0.05, 0) is 42.9 Å². The maximum Gasteiger partial charge on any atom is 0.171 e. The highest BCUT2D eigenvalue weighted by molar-refractivity contribution is 9.10. The molecule has 2 N–H and O–H groups in total. The molecule has 0 radical (unpaired) electrons. The molecule has 0 aliphatic heterocycles. The number of nitrogens with one attached hydrogen (secondary N) is 2. The van der Waals surface area contributed by atoms with Gasteiger partial charge in [-0.25, -0.2) is 0 Å². The van der Waals surface area contributed by atoms with Crippen molar-refractivity contribution in [2.45, 2.75) is 13.0 Å². The van der Waals surface area contributed by atoms with Crippen molar-refractivity contribution in [3.8, 4) is 0 Å². The molecular formula is C15H14BrClN2S. The Bertz CT molecular complexity index is 604. The molecular weight excluding hydrogens is 356 g/mol. The minimum atomic E-state index is 0.130. The van der Waals surface area contributed by atoms with Gasteiger partial charge in [0.2, 0.25) is 0 Å². The highest BCUT2D eigenvalue weighted by Crippen LogP contribution is 2.25. The van der Waals surface area contributed by atoms with Gasteiger partial charge in [0.1, 0.15) is 0 Å². The molecule has 1 atom stereocenters. The monoisotopic (exact) mass is 368 g/mol. The van der Waals surface area contributed by atoms with Crippen molar-refractivity contribution in [1.82, 2.24) is 5.32 Å². The van der Waals surface area contributed by atoms with Gasteiger partial charge in [-0.2, -0.15) is 0 Å².